The number of rotatable bonds is 3. The Morgan fingerprint density at radius 2 is 1.41 bits per heavy atom. The Bertz CT molecular complexity index is 1170. The highest BCUT2D eigenvalue weighted by Crippen LogP contribution is 2.42. The van der Waals surface area contributed by atoms with Gasteiger partial charge in [0.1, 0.15) is 5.75 Å². The quantitative estimate of drug-likeness (QED) is 0.498. The number of nitrogen functional groups attached to an aromatic ring is 1. The smallest absolute Gasteiger partial charge is 0.196 e. The van der Waals surface area contributed by atoms with Crippen LogP contribution < -0.4 is 15.8 Å². The van der Waals surface area contributed by atoms with Gasteiger partial charge in [-0.25, -0.2) is 0 Å². The Labute approximate surface area is 169 Å². The van der Waals surface area contributed by atoms with Crippen LogP contribution in [0.25, 0.3) is 0 Å². The summed E-state index contributed by atoms with van der Waals surface area (Å²) in [5.41, 5.74) is 12.3. The number of benzene rings is 3. The molecule has 1 aliphatic rings. The lowest BCUT2D eigenvalue weighted by atomic mass is 9.82. The van der Waals surface area contributed by atoms with Gasteiger partial charge >= 0.3 is 0 Å². The molecule has 0 saturated heterocycles. The third-order valence-electron chi connectivity index (χ3n) is 5.36. The summed E-state index contributed by atoms with van der Waals surface area (Å²) in [7, 11) is 1.49. The maximum atomic E-state index is 13.4. The van der Waals surface area contributed by atoms with Crippen molar-refractivity contribution in [3.8, 4) is 5.75 Å². The van der Waals surface area contributed by atoms with Crippen LogP contribution in [0.2, 0.25) is 0 Å². The van der Waals surface area contributed by atoms with E-state index in [1.807, 2.05) is 20.8 Å². The van der Waals surface area contributed by atoms with Crippen LogP contribution in [0.3, 0.4) is 0 Å². The van der Waals surface area contributed by atoms with Crippen molar-refractivity contribution in [3.05, 3.63) is 81.4 Å². The summed E-state index contributed by atoms with van der Waals surface area (Å²) >= 11 is 0. The molecule has 3 N–H and O–H groups in total. The zero-order chi connectivity index (χ0) is 20.9. The first kappa shape index (κ1) is 18.7. The number of ether oxygens (including phenoxy) is 1. The van der Waals surface area contributed by atoms with E-state index < -0.39 is 0 Å². The fourth-order valence-corrected chi connectivity index (χ4v) is 4.07. The number of fused-ring (bicyclic) bond motifs is 2. The predicted molar refractivity (Wildman–Crippen MR) is 115 cm³/mol. The van der Waals surface area contributed by atoms with E-state index in [0.29, 0.717) is 22.6 Å². The first-order valence-corrected chi connectivity index (χ1v) is 9.37. The number of ketones is 2. The van der Waals surface area contributed by atoms with E-state index in [9.17, 15) is 9.59 Å². The van der Waals surface area contributed by atoms with Crippen molar-refractivity contribution >= 4 is 28.6 Å². The molecule has 0 heterocycles. The molecule has 146 valence electrons. The molecular weight excluding hydrogens is 364 g/mol. The summed E-state index contributed by atoms with van der Waals surface area (Å²) in [6, 6.07) is 12.6. The van der Waals surface area contributed by atoms with Crippen LogP contribution in [0, 0.1) is 20.8 Å². The molecule has 0 aromatic heterocycles. The van der Waals surface area contributed by atoms with E-state index in [2.05, 4.69) is 17.4 Å². The summed E-state index contributed by atoms with van der Waals surface area (Å²) in [5.74, 6) is -0.143. The molecule has 5 heteroatoms. The Kier molecular flexibility index (Phi) is 4.38. The number of carbonyl (C=O) groups excluding carboxylic acids is 2. The molecule has 0 spiro atoms. The molecule has 3 aromatic carbocycles. The van der Waals surface area contributed by atoms with Crippen molar-refractivity contribution in [2.24, 2.45) is 0 Å². The Hall–Kier alpha value is -3.60. The minimum Gasteiger partial charge on any atom is -0.494 e. The monoisotopic (exact) mass is 386 g/mol. The average Bonchev–Trinajstić information content (AvgIpc) is 2.69. The van der Waals surface area contributed by atoms with E-state index in [1.54, 1.807) is 30.3 Å². The van der Waals surface area contributed by atoms with Crippen LogP contribution in [0.15, 0.2) is 42.5 Å². The molecule has 0 amide bonds. The lowest BCUT2D eigenvalue weighted by molar-refractivity contribution is 0.0980. The molecule has 4 rings (SSSR count). The van der Waals surface area contributed by atoms with Gasteiger partial charge < -0.3 is 15.8 Å². The Balaban J connectivity index is 1.98. The van der Waals surface area contributed by atoms with Crippen molar-refractivity contribution in [1.29, 1.82) is 0 Å². The molecular formula is C24H22N2O3. The van der Waals surface area contributed by atoms with E-state index in [-0.39, 0.29) is 28.4 Å². The number of hydrogen-bond donors (Lipinski definition) is 2. The molecule has 1 aliphatic carbocycles. The highest BCUT2D eigenvalue weighted by atomic mass is 16.5. The lowest BCUT2D eigenvalue weighted by Gasteiger charge is -2.24. The standard InChI is InChI=1S/C24H22N2O3/c1-12-9-13(2)22(14(3)10-12)26-17-11-18(29-4)21(25)20-19(17)23(27)15-7-5-6-8-16(15)24(20)28/h5-11,26H,25H2,1-4H3. The van der Waals surface area contributed by atoms with Gasteiger partial charge in [0.25, 0.3) is 0 Å². The maximum absolute atomic E-state index is 13.4. The number of nitrogens with one attached hydrogen (secondary N) is 1. The summed E-state index contributed by atoms with van der Waals surface area (Å²) < 4.78 is 5.41. The van der Waals surface area contributed by atoms with E-state index >= 15 is 0 Å². The summed E-state index contributed by atoms with van der Waals surface area (Å²) in [6.07, 6.45) is 0. The molecule has 3 aromatic rings. The van der Waals surface area contributed by atoms with Crippen LogP contribution in [0.5, 0.6) is 5.75 Å². The minimum atomic E-state index is -0.271. The maximum Gasteiger partial charge on any atom is 0.196 e. The van der Waals surface area contributed by atoms with Gasteiger partial charge in [-0.05, 0) is 31.9 Å². The van der Waals surface area contributed by atoms with Crippen LogP contribution in [-0.4, -0.2) is 18.7 Å². The van der Waals surface area contributed by atoms with Crippen molar-refractivity contribution < 1.29 is 14.3 Å². The van der Waals surface area contributed by atoms with Gasteiger partial charge in [0.05, 0.1) is 29.6 Å². The first-order valence-electron chi connectivity index (χ1n) is 9.37. The molecule has 0 bridgehead atoms. The van der Waals surface area contributed by atoms with Crippen LogP contribution in [0.1, 0.15) is 48.5 Å². The number of hydrogen-bond acceptors (Lipinski definition) is 5. The molecule has 29 heavy (non-hydrogen) atoms. The van der Waals surface area contributed by atoms with Gasteiger partial charge in [0.2, 0.25) is 0 Å². The normalized spacial score (nSPS) is 12.4. The average molecular weight is 386 g/mol. The van der Waals surface area contributed by atoms with Crippen molar-refractivity contribution in [1.82, 2.24) is 0 Å². The van der Waals surface area contributed by atoms with Crippen molar-refractivity contribution in [2.45, 2.75) is 20.8 Å². The van der Waals surface area contributed by atoms with Crippen LogP contribution in [0.4, 0.5) is 17.1 Å². The second kappa shape index (κ2) is 6.78. The van der Waals surface area contributed by atoms with Crippen LogP contribution >= 0.6 is 0 Å². The fraction of sp³-hybridized carbons (Fsp3) is 0.167. The predicted octanol–water partition coefficient (Wildman–Crippen LogP) is 4.72. The van der Waals surface area contributed by atoms with Gasteiger partial charge in [-0.2, -0.15) is 0 Å². The van der Waals surface area contributed by atoms with E-state index in [1.165, 1.54) is 7.11 Å². The number of aryl methyl sites for hydroxylation is 3. The minimum absolute atomic E-state index is 0.179. The summed E-state index contributed by atoms with van der Waals surface area (Å²) in [6.45, 7) is 6.05. The Morgan fingerprint density at radius 1 is 0.862 bits per heavy atom. The topological polar surface area (TPSA) is 81.4 Å². The molecule has 0 saturated carbocycles. The second-order valence-electron chi connectivity index (χ2n) is 7.39. The highest BCUT2D eigenvalue weighted by Gasteiger charge is 2.35. The molecule has 0 atom stereocenters. The van der Waals surface area contributed by atoms with Gasteiger partial charge in [-0.1, -0.05) is 42.0 Å². The summed E-state index contributed by atoms with van der Waals surface area (Å²) in [4.78, 5) is 26.6. The molecule has 0 aliphatic heterocycles. The SMILES string of the molecule is COc1cc(Nc2c(C)cc(C)cc2C)c2c(c1N)C(=O)c1ccccc1C2=O. The fourth-order valence-electron chi connectivity index (χ4n) is 4.07. The zero-order valence-corrected chi connectivity index (χ0v) is 16.8. The molecule has 0 radical (unpaired) electrons. The second-order valence-corrected chi connectivity index (χ2v) is 7.39. The van der Waals surface area contributed by atoms with Crippen molar-refractivity contribution in [3.63, 3.8) is 0 Å². The van der Waals surface area contributed by atoms with Crippen LogP contribution in [-0.2, 0) is 0 Å². The highest BCUT2D eigenvalue weighted by molar-refractivity contribution is 6.32. The number of nitrogens with two attached hydrogens (primary N) is 1. The first-order chi connectivity index (χ1) is 13.8. The number of methoxy groups -OCH3 is 1. The van der Waals surface area contributed by atoms with E-state index in [0.717, 1.165) is 22.4 Å². The Morgan fingerprint density at radius 3 is 1.97 bits per heavy atom. The van der Waals surface area contributed by atoms with Gasteiger partial charge in [-0.15, -0.1) is 0 Å². The third-order valence-corrected chi connectivity index (χ3v) is 5.36. The summed E-state index contributed by atoms with van der Waals surface area (Å²) in [5, 5.41) is 3.37. The molecule has 0 unspecified atom stereocenters. The van der Waals surface area contributed by atoms with Gasteiger partial charge in [-0.3, -0.25) is 9.59 Å². The largest absolute Gasteiger partial charge is 0.494 e. The molecule has 0 fully saturated rings. The molecule has 5 nitrogen and oxygen atoms in total. The third kappa shape index (κ3) is 2.86. The zero-order valence-electron chi connectivity index (χ0n) is 16.8. The number of carbonyl (C=O) groups is 2. The van der Waals surface area contributed by atoms with Gasteiger partial charge in [0.15, 0.2) is 11.6 Å². The van der Waals surface area contributed by atoms with E-state index in [4.69, 9.17) is 10.5 Å². The number of anilines is 3. The lowest BCUT2D eigenvalue weighted by Crippen LogP contribution is -2.24. The van der Waals surface area contributed by atoms with Gasteiger partial charge in [0, 0.05) is 22.9 Å². The van der Waals surface area contributed by atoms with Crippen molar-refractivity contribution in [2.75, 3.05) is 18.2 Å².